The van der Waals surface area contributed by atoms with Gasteiger partial charge < -0.3 is 15.5 Å². The van der Waals surface area contributed by atoms with Crippen LogP contribution < -0.4 is 15.5 Å². The molecule has 2 N–H and O–H groups in total. The van der Waals surface area contributed by atoms with Gasteiger partial charge in [-0.1, -0.05) is 6.92 Å². The molecule has 0 saturated heterocycles. The third-order valence-electron chi connectivity index (χ3n) is 4.71. The first-order valence-corrected chi connectivity index (χ1v) is 8.48. The zero-order chi connectivity index (χ0) is 17.5. The molecule has 2 atom stereocenters. The van der Waals surface area contributed by atoms with Gasteiger partial charge in [0.1, 0.15) is 29.3 Å². The van der Waals surface area contributed by atoms with Crippen LogP contribution in [0, 0.1) is 11.6 Å². The van der Waals surface area contributed by atoms with Crippen molar-refractivity contribution in [3.05, 3.63) is 41.4 Å². The molecular formula is C18H24F3N3. The molecule has 1 aromatic rings. The fourth-order valence-corrected chi connectivity index (χ4v) is 3.75. The summed E-state index contributed by atoms with van der Waals surface area (Å²) in [4.78, 5) is 1.91. The molecule has 1 fully saturated rings. The van der Waals surface area contributed by atoms with Crippen LogP contribution in [0.25, 0.3) is 0 Å². The normalized spacial score (nSPS) is 26.0. The molecule has 0 radical (unpaired) electrons. The smallest absolute Gasteiger partial charge is 0.128 e. The number of benzene rings is 1. The summed E-state index contributed by atoms with van der Waals surface area (Å²) >= 11 is 0. The average molecular weight is 339 g/mol. The van der Waals surface area contributed by atoms with Gasteiger partial charge in [-0.05, 0) is 51.7 Å². The summed E-state index contributed by atoms with van der Waals surface area (Å²) in [5.41, 5.74) is 0.850. The predicted molar refractivity (Wildman–Crippen MR) is 89.0 cm³/mol. The van der Waals surface area contributed by atoms with E-state index >= 15 is 0 Å². The van der Waals surface area contributed by atoms with E-state index in [1.807, 2.05) is 25.7 Å². The Morgan fingerprint density at radius 1 is 1.21 bits per heavy atom. The second kappa shape index (κ2) is 6.22. The highest BCUT2D eigenvalue weighted by Gasteiger charge is 2.39. The Morgan fingerprint density at radius 2 is 1.88 bits per heavy atom. The standard InChI is InChI=1S/C18H24F3N3/c1-4-16-17(22-14-6-5-11(19)8-14)23-18(2,3)24(16)15-9-12(20)7-13(21)10-15/h7,9-11,14,22-23H,4-6,8H2,1-3H3/t11-,14+/m1/s1. The molecule has 3 rings (SSSR count). The minimum Gasteiger partial charge on any atom is -0.368 e. The van der Waals surface area contributed by atoms with Gasteiger partial charge in [-0.25, -0.2) is 13.2 Å². The number of alkyl halides is 1. The van der Waals surface area contributed by atoms with E-state index in [-0.39, 0.29) is 6.04 Å². The lowest BCUT2D eigenvalue weighted by atomic mass is 10.1. The van der Waals surface area contributed by atoms with E-state index in [9.17, 15) is 13.2 Å². The summed E-state index contributed by atoms with van der Waals surface area (Å²) in [5, 5.41) is 6.78. The third-order valence-corrected chi connectivity index (χ3v) is 4.71. The summed E-state index contributed by atoms with van der Waals surface area (Å²) in [6.07, 6.45) is 1.79. The van der Waals surface area contributed by atoms with E-state index in [1.165, 1.54) is 12.1 Å². The second-order valence-corrected chi connectivity index (χ2v) is 7.07. The zero-order valence-corrected chi connectivity index (χ0v) is 14.3. The Morgan fingerprint density at radius 3 is 2.42 bits per heavy atom. The molecule has 132 valence electrons. The van der Waals surface area contributed by atoms with Gasteiger partial charge in [0.15, 0.2) is 0 Å². The minimum atomic E-state index is -0.754. The van der Waals surface area contributed by atoms with Crippen molar-refractivity contribution in [2.45, 2.75) is 64.3 Å². The number of halogens is 3. The van der Waals surface area contributed by atoms with Crippen molar-refractivity contribution in [3.8, 4) is 0 Å². The van der Waals surface area contributed by atoms with Gasteiger partial charge >= 0.3 is 0 Å². The maximum absolute atomic E-state index is 13.7. The fraction of sp³-hybridized carbons (Fsp3) is 0.556. The molecule has 1 aliphatic heterocycles. The number of anilines is 1. The topological polar surface area (TPSA) is 27.3 Å². The first kappa shape index (κ1) is 17.0. The molecule has 1 heterocycles. The second-order valence-electron chi connectivity index (χ2n) is 7.07. The average Bonchev–Trinajstić information content (AvgIpc) is 2.98. The van der Waals surface area contributed by atoms with Crippen molar-refractivity contribution in [1.29, 1.82) is 0 Å². The molecular weight excluding hydrogens is 315 g/mol. The Balaban J connectivity index is 1.93. The minimum absolute atomic E-state index is 0.0871. The number of nitrogens with zero attached hydrogens (tertiary/aromatic N) is 1. The van der Waals surface area contributed by atoms with Gasteiger partial charge in [0.2, 0.25) is 0 Å². The van der Waals surface area contributed by atoms with Crippen molar-refractivity contribution in [2.24, 2.45) is 0 Å². The van der Waals surface area contributed by atoms with E-state index < -0.39 is 23.5 Å². The molecule has 0 bridgehead atoms. The summed E-state index contributed by atoms with van der Waals surface area (Å²) in [6.45, 7) is 5.90. The van der Waals surface area contributed by atoms with Crippen LogP contribution in [0.3, 0.4) is 0 Å². The lowest BCUT2D eigenvalue weighted by Crippen LogP contribution is -2.49. The van der Waals surface area contributed by atoms with Gasteiger partial charge in [-0.3, -0.25) is 0 Å². The van der Waals surface area contributed by atoms with Crippen LogP contribution in [0.2, 0.25) is 0 Å². The number of nitrogens with one attached hydrogen (secondary N) is 2. The van der Waals surface area contributed by atoms with E-state index in [0.717, 1.165) is 24.0 Å². The Bertz CT molecular complexity index is 637. The number of hydrogen-bond donors (Lipinski definition) is 2. The Labute approximate surface area is 140 Å². The molecule has 0 amide bonds. The Hall–Kier alpha value is -1.85. The van der Waals surface area contributed by atoms with Crippen LogP contribution in [-0.4, -0.2) is 17.9 Å². The fourth-order valence-electron chi connectivity index (χ4n) is 3.75. The highest BCUT2D eigenvalue weighted by atomic mass is 19.1. The van der Waals surface area contributed by atoms with Crippen LogP contribution in [0.5, 0.6) is 0 Å². The van der Waals surface area contributed by atoms with E-state index in [4.69, 9.17) is 0 Å². The van der Waals surface area contributed by atoms with Crippen molar-refractivity contribution in [3.63, 3.8) is 0 Å². The lowest BCUT2D eigenvalue weighted by Gasteiger charge is -2.35. The molecule has 0 aromatic heterocycles. The summed E-state index contributed by atoms with van der Waals surface area (Å²) in [7, 11) is 0. The van der Waals surface area contributed by atoms with Crippen LogP contribution in [0.4, 0.5) is 18.9 Å². The van der Waals surface area contributed by atoms with Gasteiger partial charge in [0.05, 0.1) is 5.70 Å². The third kappa shape index (κ3) is 3.19. The molecule has 1 aromatic carbocycles. The molecule has 3 nitrogen and oxygen atoms in total. The maximum atomic E-state index is 13.7. The van der Waals surface area contributed by atoms with Crippen molar-refractivity contribution >= 4 is 5.69 Å². The maximum Gasteiger partial charge on any atom is 0.128 e. The first-order chi connectivity index (χ1) is 11.3. The molecule has 24 heavy (non-hydrogen) atoms. The van der Waals surface area contributed by atoms with Crippen molar-refractivity contribution in [2.75, 3.05) is 4.90 Å². The quantitative estimate of drug-likeness (QED) is 0.862. The molecule has 0 unspecified atom stereocenters. The van der Waals surface area contributed by atoms with Crippen molar-refractivity contribution < 1.29 is 13.2 Å². The SMILES string of the molecule is CCC1=C(N[C@H]2CC[C@@H](F)C2)NC(C)(C)N1c1cc(F)cc(F)c1. The zero-order valence-electron chi connectivity index (χ0n) is 14.3. The van der Waals surface area contributed by atoms with Gasteiger partial charge in [0, 0.05) is 17.8 Å². The predicted octanol–water partition coefficient (Wildman–Crippen LogP) is 4.17. The Kier molecular flexibility index (Phi) is 4.40. The van der Waals surface area contributed by atoms with E-state index in [0.29, 0.717) is 24.9 Å². The summed E-state index contributed by atoms with van der Waals surface area (Å²) < 4.78 is 40.8. The number of allylic oxidation sites excluding steroid dienone is 1. The molecule has 6 heteroatoms. The van der Waals surface area contributed by atoms with Crippen molar-refractivity contribution in [1.82, 2.24) is 10.6 Å². The van der Waals surface area contributed by atoms with Crippen LogP contribution in [-0.2, 0) is 0 Å². The number of rotatable bonds is 4. The molecule has 0 spiro atoms. The first-order valence-electron chi connectivity index (χ1n) is 8.48. The molecule has 2 aliphatic rings. The lowest BCUT2D eigenvalue weighted by molar-refractivity contribution is 0.334. The van der Waals surface area contributed by atoms with Crippen LogP contribution in [0.15, 0.2) is 29.7 Å². The van der Waals surface area contributed by atoms with E-state index in [1.54, 1.807) is 0 Å². The highest BCUT2D eigenvalue weighted by Crippen LogP contribution is 2.36. The van der Waals surface area contributed by atoms with E-state index in [2.05, 4.69) is 10.6 Å². The molecule has 1 aliphatic carbocycles. The highest BCUT2D eigenvalue weighted by molar-refractivity contribution is 5.58. The van der Waals surface area contributed by atoms with Gasteiger partial charge in [-0.15, -0.1) is 0 Å². The summed E-state index contributed by atoms with van der Waals surface area (Å²) in [5.74, 6) is -0.381. The van der Waals surface area contributed by atoms with Crippen LogP contribution in [0.1, 0.15) is 46.5 Å². The van der Waals surface area contributed by atoms with Crippen LogP contribution >= 0.6 is 0 Å². The number of hydrogen-bond acceptors (Lipinski definition) is 3. The largest absolute Gasteiger partial charge is 0.368 e. The van der Waals surface area contributed by atoms with Gasteiger partial charge in [0.25, 0.3) is 0 Å². The monoisotopic (exact) mass is 339 g/mol. The van der Waals surface area contributed by atoms with Gasteiger partial charge in [-0.2, -0.15) is 0 Å². The summed E-state index contributed by atoms with van der Waals surface area (Å²) in [6, 6.07) is 3.62. The molecule has 1 saturated carbocycles.